The molecule has 1 unspecified atom stereocenters. The van der Waals surface area contributed by atoms with E-state index in [0.29, 0.717) is 11.5 Å². The first-order valence-corrected chi connectivity index (χ1v) is 6.48. The van der Waals surface area contributed by atoms with Crippen molar-refractivity contribution in [1.29, 1.82) is 0 Å². The molecular weight excluding hydrogens is 170 g/mol. The van der Waals surface area contributed by atoms with E-state index in [1.807, 2.05) is 0 Å². The lowest BCUT2D eigenvalue weighted by molar-refractivity contribution is 0.0531. The van der Waals surface area contributed by atoms with Crippen molar-refractivity contribution in [3.63, 3.8) is 0 Å². The van der Waals surface area contributed by atoms with Crippen molar-refractivity contribution in [3.8, 4) is 0 Å². The normalized spacial score (nSPS) is 57.0. The maximum absolute atomic E-state index is 6.49. The molecule has 14 heavy (non-hydrogen) atoms. The minimum atomic E-state index is 0.559. The van der Waals surface area contributed by atoms with Gasteiger partial charge in [0, 0.05) is 6.04 Å². The van der Waals surface area contributed by atoms with Gasteiger partial charge in [0.1, 0.15) is 0 Å². The van der Waals surface area contributed by atoms with E-state index in [1.54, 1.807) is 0 Å². The molecule has 1 nitrogen and oxygen atoms in total. The van der Waals surface area contributed by atoms with Crippen LogP contribution in [0, 0.1) is 23.2 Å². The monoisotopic (exact) mass is 193 g/mol. The van der Waals surface area contributed by atoms with Gasteiger partial charge in [-0.1, -0.05) is 19.8 Å². The van der Waals surface area contributed by atoms with Crippen LogP contribution in [0.15, 0.2) is 0 Å². The number of fused-ring (bicyclic) bond motifs is 3. The summed E-state index contributed by atoms with van der Waals surface area (Å²) in [6.07, 6.45) is 10.2. The molecule has 0 aromatic carbocycles. The largest absolute Gasteiger partial charge is 0.327 e. The molecular formula is C13H23N. The predicted octanol–water partition coefficient (Wildman–Crippen LogP) is 2.94. The molecule has 0 saturated heterocycles. The molecule has 2 N–H and O–H groups in total. The molecule has 0 amide bonds. The van der Waals surface area contributed by atoms with Gasteiger partial charge in [0.25, 0.3) is 0 Å². The van der Waals surface area contributed by atoms with Crippen LogP contribution in [0.5, 0.6) is 0 Å². The van der Waals surface area contributed by atoms with Crippen LogP contribution in [0.3, 0.4) is 0 Å². The average Bonchev–Trinajstić information content (AvgIpc) is 2.71. The SMILES string of the molecule is C[C@@H]1CCCC2(C1)[C@H]1CC[C@H](C1)[C@H]2N. The first-order chi connectivity index (χ1) is 6.72. The first-order valence-electron chi connectivity index (χ1n) is 6.48. The second kappa shape index (κ2) is 2.98. The quantitative estimate of drug-likeness (QED) is 0.629. The second-order valence-corrected chi connectivity index (χ2v) is 6.23. The summed E-state index contributed by atoms with van der Waals surface area (Å²) in [7, 11) is 0. The summed E-state index contributed by atoms with van der Waals surface area (Å²) in [5, 5.41) is 0. The van der Waals surface area contributed by atoms with Crippen molar-refractivity contribution < 1.29 is 0 Å². The highest BCUT2D eigenvalue weighted by atomic mass is 14.8. The first kappa shape index (κ1) is 9.21. The summed E-state index contributed by atoms with van der Waals surface area (Å²) >= 11 is 0. The van der Waals surface area contributed by atoms with E-state index in [-0.39, 0.29) is 0 Å². The van der Waals surface area contributed by atoms with Gasteiger partial charge in [0.2, 0.25) is 0 Å². The zero-order chi connectivity index (χ0) is 9.76. The van der Waals surface area contributed by atoms with E-state index >= 15 is 0 Å². The Kier molecular flexibility index (Phi) is 1.96. The molecule has 1 heteroatoms. The standard InChI is InChI=1S/C13H23N/c1-9-3-2-6-13(8-9)11-5-4-10(7-11)12(13)14/h9-12H,2-8,14H2,1H3/t9-,10-,11+,12-,13?/m1/s1. The number of hydrogen-bond acceptors (Lipinski definition) is 1. The molecule has 3 rings (SSSR count). The lowest BCUT2D eigenvalue weighted by atomic mass is 9.60. The van der Waals surface area contributed by atoms with Crippen LogP contribution < -0.4 is 5.73 Å². The van der Waals surface area contributed by atoms with Crippen molar-refractivity contribution in [2.24, 2.45) is 28.9 Å². The average molecular weight is 193 g/mol. The van der Waals surface area contributed by atoms with Gasteiger partial charge in [-0.05, 0) is 55.3 Å². The minimum Gasteiger partial charge on any atom is -0.327 e. The maximum Gasteiger partial charge on any atom is 0.0127 e. The molecule has 3 aliphatic rings. The van der Waals surface area contributed by atoms with Crippen LogP contribution in [0.4, 0.5) is 0 Å². The van der Waals surface area contributed by atoms with Gasteiger partial charge in [0.15, 0.2) is 0 Å². The van der Waals surface area contributed by atoms with Gasteiger partial charge in [0.05, 0.1) is 0 Å². The highest BCUT2D eigenvalue weighted by Gasteiger charge is 2.56. The minimum absolute atomic E-state index is 0.559. The van der Waals surface area contributed by atoms with E-state index < -0.39 is 0 Å². The topological polar surface area (TPSA) is 26.0 Å². The fourth-order valence-electron chi connectivity index (χ4n) is 4.91. The summed E-state index contributed by atoms with van der Waals surface area (Å²) < 4.78 is 0. The maximum atomic E-state index is 6.49. The third kappa shape index (κ3) is 1.05. The molecule has 0 aromatic heterocycles. The van der Waals surface area contributed by atoms with Crippen molar-refractivity contribution in [2.75, 3.05) is 0 Å². The third-order valence-electron chi connectivity index (χ3n) is 5.53. The zero-order valence-electron chi connectivity index (χ0n) is 9.34. The summed E-state index contributed by atoms with van der Waals surface area (Å²) in [6, 6.07) is 0.559. The van der Waals surface area contributed by atoms with Crippen LogP contribution in [0.1, 0.15) is 51.9 Å². The van der Waals surface area contributed by atoms with Crippen LogP contribution in [0.25, 0.3) is 0 Å². The van der Waals surface area contributed by atoms with Crippen LogP contribution >= 0.6 is 0 Å². The van der Waals surface area contributed by atoms with Crippen molar-refractivity contribution in [2.45, 2.75) is 57.9 Å². The van der Waals surface area contributed by atoms with Crippen LogP contribution in [-0.2, 0) is 0 Å². The molecule has 0 aliphatic heterocycles. The summed E-state index contributed by atoms with van der Waals surface area (Å²) in [4.78, 5) is 0. The molecule has 0 heterocycles. The lowest BCUT2D eigenvalue weighted by Crippen LogP contribution is -2.48. The number of nitrogens with two attached hydrogens (primary N) is 1. The molecule has 5 atom stereocenters. The van der Waals surface area contributed by atoms with Crippen LogP contribution in [-0.4, -0.2) is 6.04 Å². The molecule has 80 valence electrons. The molecule has 3 saturated carbocycles. The Morgan fingerprint density at radius 3 is 2.71 bits per heavy atom. The Bertz CT molecular complexity index is 233. The highest BCUT2D eigenvalue weighted by molar-refractivity contribution is 5.09. The Labute approximate surface area is 87.4 Å². The second-order valence-electron chi connectivity index (χ2n) is 6.23. The Balaban J connectivity index is 1.87. The van der Waals surface area contributed by atoms with E-state index in [9.17, 15) is 0 Å². The van der Waals surface area contributed by atoms with Gasteiger partial charge in [-0.3, -0.25) is 0 Å². The Morgan fingerprint density at radius 2 is 2.07 bits per heavy atom. The van der Waals surface area contributed by atoms with Gasteiger partial charge < -0.3 is 5.73 Å². The van der Waals surface area contributed by atoms with Gasteiger partial charge in [-0.15, -0.1) is 0 Å². The Morgan fingerprint density at radius 1 is 1.21 bits per heavy atom. The number of rotatable bonds is 0. The van der Waals surface area contributed by atoms with E-state index in [2.05, 4.69) is 6.92 Å². The number of hydrogen-bond donors (Lipinski definition) is 1. The van der Waals surface area contributed by atoms with Crippen molar-refractivity contribution in [3.05, 3.63) is 0 Å². The molecule has 1 spiro atoms. The van der Waals surface area contributed by atoms with E-state index in [0.717, 1.165) is 17.8 Å². The molecule has 2 bridgehead atoms. The Hall–Kier alpha value is -0.0400. The van der Waals surface area contributed by atoms with E-state index in [1.165, 1.54) is 44.9 Å². The van der Waals surface area contributed by atoms with Crippen molar-refractivity contribution >= 4 is 0 Å². The van der Waals surface area contributed by atoms with Crippen LogP contribution in [0.2, 0.25) is 0 Å². The fourth-order valence-corrected chi connectivity index (χ4v) is 4.91. The molecule has 0 aromatic rings. The van der Waals surface area contributed by atoms with Crippen molar-refractivity contribution in [1.82, 2.24) is 0 Å². The summed E-state index contributed by atoms with van der Waals surface area (Å²) in [5.41, 5.74) is 7.09. The highest BCUT2D eigenvalue weighted by Crippen LogP contribution is 2.61. The van der Waals surface area contributed by atoms with Gasteiger partial charge in [-0.25, -0.2) is 0 Å². The summed E-state index contributed by atoms with van der Waals surface area (Å²) in [6.45, 7) is 2.43. The summed E-state index contributed by atoms with van der Waals surface area (Å²) in [5.74, 6) is 2.84. The van der Waals surface area contributed by atoms with E-state index in [4.69, 9.17) is 5.73 Å². The molecule has 0 radical (unpaired) electrons. The van der Waals surface area contributed by atoms with Gasteiger partial charge in [-0.2, -0.15) is 0 Å². The molecule has 3 aliphatic carbocycles. The molecule has 3 fully saturated rings. The lowest BCUT2D eigenvalue weighted by Gasteiger charge is -2.47. The zero-order valence-corrected chi connectivity index (χ0v) is 9.34. The predicted molar refractivity (Wildman–Crippen MR) is 58.9 cm³/mol. The fraction of sp³-hybridized carbons (Fsp3) is 1.00. The van der Waals surface area contributed by atoms with Gasteiger partial charge >= 0.3 is 0 Å². The smallest absolute Gasteiger partial charge is 0.0127 e. The third-order valence-corrected chi connectivity index (χ3v) is 5.53.